The van der Waals surface area contributed by atoms with Gasteiger partial charge in [0.2, 0.25) is 0 Å². The predicted octanol–water partition coefficient (Wildman–Crippen LogP) is 0.784. The Morgan fingerprint density at radius 2 is 2.18 bits per heavy atom. The van der Waals surface area contributed by atoms with E-state index < -0.39 is 18.2 Å². The fraction of sp³-hybridized carbons (Fsp3) is 0.857. The van der Waals surface area contributed by atoms with E-state index in [9.17, 15) is 9.18 Å². The van der Waals surface area contributed by atoms with Crippen LogP contribution in [0.15, 0.2) is 0 Å². The van der Waals surface area contributed by atoms with Crippen LogP contribution in [0.3, 0.4) is 0 Å². The van der Waals surface area contributed by atoms with E-state index in [-0.39, 0.29) is 12.3 Å². The summed E-state index contributed by atoms with van der Waals surface area (Å²) in [5.74, 6) is -1.18. The molecule has 0 aliphatic rings. The lowest BCUT2D eigenvalue weighted by Gasteiger charge is -2.22. The first-order chi connectivity index (χ1) is 4.92. The highest BCUT2D eigenvalue weighted by Crippen LogP contribution is 2.14. The minimum atomic E-state index is -1.69. The van der Waals surface area contributed by atoms with E-state index in [1.165, 1.54) is 0 Å². The van der Waals surface area contributed by atoms with Crippen LogP contribution in [0.1, 0.15) is 20.3 Å². The topological polar surface area (TPSA) is 63.3 Å². The van der Waals surface area contributed by atoms with Gasteiger partial charge in [0.25, 0.3) is 0 Å². The second kappa shape index (κ2) is 3.67. The predicted molar refractivity (Wildman–Crippen MR) is 40.0 cm³/mol. The maximum absolute atomic E-state index is 12.1. The van der Waals surface area contributed by atoms with Crippen LogP contribution in [0.5, 0.6) is 0 Å². The van der Waals surface area contributed by atoms with Gasteiger partial charge in [0.05, 0.1) is 0 Å². The van der Waals surface area contributed by atoms with E-state index in [1.54, 1.807) is 13.8 Å². The first kappa shape index (κ1) is 10.4. The van der Waals surface area contributed by atoms with Gasteiger partial charge in [0.1, 0.15) is 12.2 Å². The quantitative estimate of drug-likeness (QED) is 0.643. The Balaban J connectivity index is 4.22. The van der Waals surface area contributed by atoms with E-state index in [0.717, 1.165) is 0 Å². The SMILES string of the molecule is CC(C)CC(N)(CF)C(=O)O. The molecule has 0 aromatic heterocycles. The summed E-state index contributed by atoms with van der Waals surface area (Å²) < 4.78 is 12.1. The summed E-state index contributed by atoms with van der Waals surface area (Å²) in [4.78, 5) is 10.4. The highest BCUT2D eigenvalue weighted by atomic mass is 19.1. The number of halogens is 1. The summed E-state index contributed by atoms with van der Waals surface area (Å²) in [6.07, 6.45) is 0.166. The minimum Gasteiger partial charge on any atom is -0.480 e. The molecule has 0 aromatic carbocycles. The van der Waals surface area contributed by atoms with E-state index in [1.807, 2.05) is 0 Å². The molecule has 0 heterocycles. The molecule has 0 radical (unpaired) electrons. The Hall–Kier alpha value is -0.640. The number of hydrogen-bond donors (Lipinski definition) is 2. The van der Waals surface area contributed by atoms with Gasteiger partial charge in [-0.1, -0.05) is 13.8 Å². The number of carboxylic acids is 1. The van der Waals surface area contributed by atoms with Crippen molar-refractivity contribution in [3.05, 3.63) is 0 Å². The second-order valence-corrected chi connectivity index (χ2v) is 3.19. The highest BCUT2D eigenvalue weighted by molar-refractivity contribution is 5.78. The van der Waals surface area contributed by atoms with Gasteiger partial charge in [-0.15, -0.1) is 0 Å². The number of aliphatic carboxylic acids is 1. The molecule has 1 unspecified atom stereocenters. The van der Waals surface area contributed by atoms with E-state index >= 15 is 0 Å². The van der Waals surface area contributed by atoms with Crippen molar-refractivity contribution in [1.29, 1.82) is 0 Å². The number of rotatable bonds is 4. The maximum Gasteiger partial charge on any atom is 0.326 e. The molecular weight excluding hydrogens is 149 g/mol. The molecule has 0 aliphatic carbocycles. The zero-order chi connectivity index (χ0) is 9.07. The van der Waals surface area contributed by atoms with Crippen LogP contribution in [0.25, 0.3) is 0 Å². The van der Waals surface area contributed by atoms with Gasteiger partial charge in [0, 0.05) is 0 Å². The zero-order valence-electron chi connectivity index (χ0n) is 6.80. The standard InChI is InChI=1S/C7H14FNO2/c1-5(2)3-7(9,4-8)6(10)11/h5H,3-4,9H2,1-2H3,(H,10,11). The molecule has 66 valence electrons. The van der Waals surface area contributed by atoms with Crippen molar-refractivity contribution < 1.29 is 14.3 Å². The monoisotopic (exact) mass is 163 g/mol. The summed E-state index contributed by atoms with van der Waals surface area (Å²) in [6, 6.07) is 0. The van der Waals surface area contributed by atoms with Gasteiger partial charge < -0.3 is 10.8 Å². The van der Waals surface area contributed by atoms with Crippen molar-refractivity contribution in [2.45, 2.75) is 25.8 Å². The Bertz CT molecular complexity index is 149. The molecule has 0 aliphatic heterocycles. The number of carboxylic acid groups (broad SMARTS) is 1. The number of hydrogen-bond acceptors (Lipinski definition) is 2. The third kappa shape index (κ3) is 2.84. The van der Waals surface area contributed by atoms with Crippen molar-refractivity contribution in [3.63, 3.8) is 0 Å². The van der Waals surface area contributed by atoms with Gasteiger partial charge in [-0.3, -0.25) is 4.79 Å². The van der Waals surface area contributed by atoms with Crippen LogP contribution in [-0.4, -0.2) is 23.3 Å². The van der Waals surface area contributed by atoms with Gasteiger partial charge in [-0.05, 0) is 12.3 Å². The molecule has 0 saturated carbocycles. The summed E-state index contributed by atoms with van der Waals surface area (Å²) in [5, 5.41) is 8.52. The summed E-state index contributed by atoms with van der Waals surface area (Å²) in [7, 11) is 0. The first-order valence-electron chi connectivity index (χ1n) is 3.50. The van der Waals surface area contributed by atoms with Gasteiger partial charge >= 0.3 is 5.97 Å². The third-order valence-corrected chi connectivity index (χ3v) is 1.44. The third-order valence-electron chi connectivity index (χ3n) is 1.44. The van der Waals surface area contributed by atoms with Crippen molar-refractivity contribution >= 4 is 5.97 Å². The van der Waals surface area contributed by atoms with Crippen LogP contribution in [-0.2, 0) is 4.79 Å². The average molecular weight is 163 g/mol. The van der Waals surface area contributed by atoms with E-state index in [4.69, 9.17) is 10.8 Å². The van der Waals surface area contributed by atoms with Crippen molar-refractivity contribution in [2.75, 3.05) is 6.67 Å². The summed E-state index contributed by atoms with van der Waals surface area (Å²) >= 11 is 0. The van der Waals surface area contributed by atoms with Crippen molar-refractivity contribution in [3.8, 4) is 0 Å². The summed E-state index contributed by atoms with van der Waals surface area (Å²) in [5.41, 5.74) is 3.58. The molecule has 0 saturated heterocycles. The molecule has 0 fully saturated rings. The molecule has 0 bridgehead atoms. The summed E-state index contributed by atoms with van der Waals surface area (Å²) in [6.45, 7) is 2.60. The molecule has 4 heteroatoms. The zero-order valence-corrected chi connectivity index (χ0v) is 6.80. The maximum atomic E-state index is 12.1. The van der Waals surface area contributed by atoms with Gasteiger partial charge in [-0.25, -0.2) is 4.39 Å². The molecule has 1 atom stereocenters. The molecule has 3 N–H and O–H groups in total. The fourth-order valence-electron chi connectivity index (χ4n) is 0.928. The van der Waals surface area contributed by atoms with Gasteiger partial charge in [-0.2, -0.15) is 0 Å². The first-order valence-corrected chi connectivity index (χ1v) is 3.50. The Morgan fingerprint density at radius 1 is 1.73 bits per heavy atom. The lowest BCUT2D eigenvalue weighted by molar-refractivity contribution is -0.144. The van der Waals surface area contributed by atoms with E-state index in [0.29, 0.717) is 0 Å². The minimum absolute atomic E-state index is 0.0897. The molecule has 0 amide bonds. The smallest absolute Gasteiger partial charge is 0.326 e. The highest BCUT2D eigenvalue weighted by Gasteiger charge is 2.34. The molecule has 3 nitrogen and oxygen atoms in total. The van der Waals surface area contributed by atoms with E-state index in [2.05, 4.69) is 0 Å². The normalized spacial score (nSPS) is 16.5. The van der Waals surface area contributed by atoms with Crippen LogP contribution in [0.2, 0.25) is 0 Å². The number of alkyl halides is 1. The molecule has 11 heavy (non-hydrogen) atoms. The Morgan fingerprint density at radius 3 is 2.27 bits per heavy atom. The molecular formula is C7H14FNO2. The van der Waals surface area contributed by atoms with Gasteiger partial charge in [0.15, 0.2) is 0 Å². The molecule has 0 rings (SSSR count). The Kier molecular flexibility index (Phi) is 3.45. The molecule has 0 spiro atoms. The fourth-order valence-corrected chi connectivity index (χ4v) is 0.928. The van der Waals surface area contributed by atoms with Crippen LogP contribution >= 0.6 is 0 Å². The average Bonchev–Trinajstić information content (AvgIpc) is 1.86. The van der Waals surface area contributed by atoms with Crippen molar-refractivity contribution in [2.24, 2.45) is 11.7 Å². The van der Waals surface area contributed by atoms with Crippen molar-refractivity contribution in [1.82, 2.24) is 0 Å². The van der Waals surface area contributed by atoms with Crippen LogP contribution in [0.4, 0.5) is 4.39 Å². The largest absolute Gasteiger partial charge is 0.480 e. The number of nitrogens with two attached hydrogens (primary N) is 1. The number of carbonyl (C=O) groups is 1. The lowest BCUT2D eigenvalue weighted by Crippen LogP contribution is -2.51. The molecule has 0 aromatic rings. The van der Waals surface area contributed by atoms with Crippen LogP contribution < -0.4 is 5.73 Å². The van der Waals surface area contributed by atoms with Crippen LogP contribution in [0, 0.1) is 5.92 Å². The lowest BCUT2D eigenvalue weighted by atomic mass is 9.91. The second-order valence-electron chi connectivity index (χ2n) is 3.19. The Labute approximate surface area is 65.4 Å².